The normalized spacial score (nSPS) is 20.8. The van der Waals surface area contributed by atoms with Gasteiger partial charge < -0.3 is 10.1 Å². The number of carbonyl (C=O) groups excluding carboxylic acids is 1. The number of anilines is 1. The highest BCUT2D eigenvalue weighted by Gasteiger charge is 2.41. The first-order chi connectivity index (χ1) is 13.0. The summed E-state index contributed by atoms with van der Waals surface area (Å²) in [5, 5.41) is 4.35. The number of nitrogens with zero attached hydrogens (tertiary/aromatic N) is 1. The molecule has 2 heterocycles. The summed E-state index contributed by atoms with van der Waals surface area (Å²) in [6, 6.07) is 15.8. The molecule has 1 aliphatic heterocycles. The molecule has 0 saturated carbocycles. The standard InChI is InChI=1S/C22H20N2O2S/c1-22(2)11-15(25)19-17(12-22)26-16-9-5-3-7-13(16)20(19)24-21-23-14-8-4-6-10-18(14)27-21/h3-10,20H,11-12H2,1-2H3,(H,23,24). The first-order valence-electron chi connectivity index (χ1n) is 9.15. The Morgan fingerprint density at radius 2 is 1.89 bits per heavy atom. The number of aromatic nitrogens is 1. The summed E-state index contributed by atoms with van der Waals surface area (Å²) >= 11 is 1.61. The van der Waals surface area contributed by atoms with Crippen molar-refractivity contribution in [2.45, 2.75) is 32.7 Å². The first kappa shape index (κ1) is 16.5. The van der Waals surface area contributed by atoms with Gasteiger partial charge >= 0.3 is 0 Å². The third kappa shape index (κ3) is 2.82. The lowest BCUT2D eigenvalue weighted by Gasteiger charge is -2.38. The minimum absolute atomic E-state index is 0.0807. The molecule has 0 saturated heterocycles. The van der Waals surface area contributed by atoms with E-state index in [-0.39, 0.29) is 17.2 Å². The van der Waals surface area contributed by atoms with Crippen LogP contribution in [0.2, 0.25) is 0 Å². The Hall–Kier alpha value is -2.66. The smallest absolute Gasteiger partial charge is 0.184 e. The van der Waals surface area contributed by atoms with E-state index in [9.17, 15) is 4.79 Å². The minimum Gasteiger partial charge on any atom is -0.461 e. The highest BCUT2D eigenvalue weighted by molar-refractivity contribution is 7.22. The van der Waals surface area contributed by atoms with E-state index in [4.69, 9.17) is 9.72 Å². The fourth-order valence-corrected chi connectivity index (χ4v) is 4.89. The van der Waals surface area contributed by atoms with Gasteiger partial charge in [-0.2, -0.15) is 0 Å². The molecule has 136 valence electrons. The molecule has 1 atom stereocenters. The van der Waals surface area contributed by atoms with Crippen molar-refractivity contribution >= 4 is 32.5 Å². The molecule has 0 amide bonds. The van der Waals surface area contributed by atoms with E-state index in [1.54, 1.807) is 11.3 Å². The van der Waals surface area contributed by atoms with Gasteiger partial charge in [0.2, 0.25) is 0 Å². The molecule has 5 rings (SSSR count). The fraction of sp³-hybridized carbons (Fsp3) is 0.273. The molecule has 4 nitrogen and oxygen atoms in total. The molecule has 0 bridgehead atoms. The van der Waals surface area contributed by atoms with Crippen molar-refractivity contribution in [1.29, 1.82) is 0 Å². The zero-order valence-electron chi connectivity index (χ0n) is 15.3. The number of thiazole rings is 1. The van der Waals surface area contributed by atoms with Gasteiger partial charge in [-0.1, -0.05) is 55.5 Å². The molecule has 0 spiro atoms. The molecule has 2 aromatic carbocycles. The Kier molecular flexibility index (Phi) is 3.62. The van der Waals surface area contributed by atoms with Crippen molar-refractivity contribution in [2.75, 3.05) is 5.32 Å². The Labute approximate surface area is 161 Å². The summed E-state index contributed by atoms with van der Waals surface area (Å²) in [6.07, 6.45) is 1.30. The number of hydrogen-bond acceptors (Lipinski definition) is 5. The summed E-state index contributed by atoms with van der Waals surface area (Å²) in [4.78, 5) is 17.7. The van der Waals surface area contributed by atoms with Crippen molar-refractivity contribution in [3.8, 4) is 5.75 Å². The molecule has 0 radical (unpaired) electrons. The second-order valence-corrected chi connectivity index (χ2v) is 9.01. The summed E-state index contributed by atoms with van der Waals surface area (Å²) in [7, 11) is 0. The summed E-state index contributed by atoms with van der Waals surface area (Å²) in [5.41, 5.74) is 2.63. The van der Waals surface area contributed by atoms with Gasteiger partial charge in [0.25, 0.3) is 0 Å². The van der Waals surface area contributed by atoms with Gasteiger partial charge in [-0.15, -0.1) is 0 Å². The van der Waals surface area contributed by atoms with Crippen molar-refractivity contribution in [3.63, 3.8) is 0 Å². The highest BCUT2D eigenvalue weighted by atomic mass is 32.1. The number of carbonyl (C=O) groups is 1. The van der Waals surface area contributed by atoms with Gasteiger partial charge in [-0.25, -0.2) is 4.98 Å². The number of hydrogen-bond donors (Lipinski definition) is 1. The van der Waals surface area contributed by atoms with Crippen LogP contribution in [0.25, 0.3) is 10.2 Å². The zero-order chi connectivity index (χ0) is 18.6. The first-order valence-corrected chi connectivity index (χ1v) is 9.97. The second-order valence-electron chi connectivity index (χ2n) is 7.98. The number of rotatable bonds is 2. The largest absolute Gasteiger partial charge is 0.461 e. The average molecular weight is 376 g/mol. The number of fused-ring (bicyclic) bond motifs is 2. The quantitative estimate of drug-likeness (QED) is 0.643. The molecule has 1 N–H and O–H groups in total. The maximum atomic E-state index is 13.0. The van der Waals surface area contributed by atoms with Crippen LogP contribution in [-0.4, -0.2) is 10.8 Å². The van der Waals surface area contributed by atoms with Crippen LogP contribution >= 0.6 is 11.3 Å². The average Bonchev–Trinajstić information content (AvgIpc) is 3.02. The summed E-state index contributed by atoms with van der Waals surface area (Å²) in [5.74, 6) is 1.78. The van der Waals surface area contributed by atoms with Gasteiger partial charge in [-0.05, 0) is 23.6 Å². The maximum Gasteiger partial charge on any atom is 0.184 e. The SMILES string of the molecule is CC1(C)CC(=O)C2=C(C1)Oc1ccccc1C2Nc1nc2ccccc2s1. The van der Waals surface area contributed by atoms with Crippen molar-refractivity contribution in [3.05, 3.63) is 65.4 Å². The molecule has 1 unspecified atom stereocenters. The third-order valence-corrected chi connectivity index (χ3v) is 6.16. The number of para-hydroxylation sites is 2. The predicted molar refractivity (Wildman–Crippen MR) is 108 cm³/mol. The second kappa shape index (κ2) is 5.92. The molecule has 1 aliphatic carbocycles. The molecular weight excluding hydrogens is 356 g/mol. The molecule has 0 fully saturated rings. The molecule has 1 aromatic heterocycles. The number of nitrogens with one attached hydrogen (secondary N) is 1. The predicted octanol–water partition coefficient (Wildman–Crippen LogP) is 5.49. The van der Waals surface area contributed by atoms with Crippen molar-refractivity contribution in [2.24, 2.45) is 5.41 Å². The molecule has 27 heavy (non-hydrogen) atoms. The topological polar surface area (TPSA) is 51.2 Å². The van der Waals surface area contributed by atoms with Gasteiger partial charge in [0.1, 0.15) is 11.5 Å². The number of allylic oxidation sites excluding steroid dienone is 1. The Morgan fingerprint density at radius 3 is 2.74 bits per heavy atom. The number of ether oxygens (including phenoxy) is 1. The zero-order valence-corrected chi connectivity index (χ0v) is 16.1. The van der Waals surface area contributed by atoms with Crippen LogP contribution in [0.3, 0.4) is 0 Å². The highest BCUT2D eigenvalue weighted by Crippen LogP contribution is 2.48. The van der Waals surface area contributed by atoms with E-state index in [1.165, 1.54) is 0 Å². The minimum atomic E-state index is -0.228. The summed E-state index contributed by atoms with van der Waals surface area (Å²) in [6.45, 7) is 4.24. The van der Waals surface area contributed by atoms with Gasteiger partial charge in [-0.3, -0.25) is 4.79 Å². The van der Waals surface area contributed by atoms with E-state index in [0.717, 1.165) is 44.4 Å². The summed E-state index contributed by atoms with van der Waals surface area (Å²) < 4.78 is 7.30. The molecule has 5 heteroatoms. The maximum absolute atomic E-state index is 13.0. The van der Waals surface area contributed by atoms with E-state index >= 15 is 0 Å². The van der Waals surface area contributed by atoms with E-state index in [0.29, 0.717) is 6.42 Å². The Balaban J connectivity index is 1.61. The van der Waals surface area contributed by atoms with Crippen LogP contribution in [0.5, 0.6) is 5.75 Å². The fourth-order valence-electron chi connectivity index (χ4n) is 4.00. The van der Waals surface area contributed by atoms with Crippen LogP contribution < -0.4 is 10.1 Å². The lowest BCUT2D eigenvalue weighted by atomic mass is 9.73. The number of ketones is 1. The van der Waals surface area contributed by atoms with Crippen LogP contribution in [0.15, 0.2) is 59.9 Å². The monoisotopic (exact) mass is 376 g/mol. The van der Waals surface area contributed by atoms with Gasteiger partial charge in [0.05, 0.1) is 21.8 Å². The Morgan fingerprint density at radius 1 is 1.11 bits per heavy atom. The lowest BCUT2D eigenvalue weighted by Crippen LogP contribution is -2.34. The van der Waals surface area contributed by atoms with E-state index < -0.39 is 0 Å². The van der Waals surface area contributed by atoms with Crippen molar-refractivity contribution < 1.29 is 9.53 Å². The van der Waals surface area contributed by atoms with Crippen LogP contribution in [0, 0.1) is 5.41 Å². The van der Waals surface area contributed by atoms with Gasteiger partial charge in [0, 0.05) is 18.4 Å². The van der Waals surface area contributed by atoms with E-state index in [2.05, 4.69) is 25.2 Å². The van der Waals surface area contributed by atoms with E-state index in [1.807, 2.05) is 42.5 Å². The number of Topliss-reactive ketones (excluding diaryl/α,β-unsaturated/α-hetero) is 1. The molecular formula is C22H20N2O2S. The van der Waals surface area contributed by atoms with Crippen molar-refractivity contribution in [1.82, 2.24) is 4.98 Å². The molecule has 2 aliphatic rings. The Bertz CT molecular complexity index is 1060. The third-order valence-electron chi connectivity index (χ3n) is 5.19. The van der Waals surface area contributed by atoms with Crippen LogP contribution in [-0.2, 0) is 4.79 Å². The van der Waals surface area contributed by atoms with Crippen LogP contribution in [0.1, 0.15) is 38.3 Å². The number of benzene rings is 2. The van der Waals surface area contributed by atoms with Gasteiger partial charge in [0.15, 0.2) is 10.9 Å². The van der Waals surface area contributed by atoms with Crippen LogP contribution in [0.4, 0.5) is 5.13 Å². The molecule has 3 aromatic rings. The lowest BCUT2D eigenvalue weighted by molar-refractivity contribution is -0.118.